The lowest BCUT2D eigenvalue weighted by molar-refractivity contribution is -0.0169. The second-order valence-electron chi connectivity index (χ2n) is 6.75. The van der Waals surface area contributed by atoms with Crippen LogP contribution >= 0.6 is 11.3 Å². The van der Waals surface area contributed by atoms with E-state index in [0.717, 1.165) is 29.7 Å². The summed E-state index contributed by atoms with van der Waals surface area (Å²) in [5, 5.41) is 3.93. The molecule has 1 aromatic heterocycles. The van der Waals surface area contributed by atoms with E-state index in [1.165, 1.54) is 30.6 Å². The molecule has 18 heavy (non-hydrogen) atoms. The first-order chi connectivity index (χ1) is 8.79. The van der Waals surface area contributed by atoms with Gasteiger partial charge < -0.3 is 5.32 Å². The third-order valence-corrected chi connectivity index (χ3v) is 6.51. The molecule has 3 heteroatoms. The van der Waals surface area contributed by atoms with Gasteiger partial charge >= 0.3 is 0 Å². The van der Waals surface area contributed by atoms with Gasteiger partial charge in [-0.25, -0.2) is 0 Å². The minimum atomic E-state index is 0.486. The Morgan fingerprint density at radius 3 is 2.39 bits per heavy atom. The van der Waals surface area contributed by atoms with E-state index in [9.17, 15) is 0 Å². The lowest BCUT2D eigenvalue weighted by Gasteiger charge is -2.55. The summed E-state index contributed by atoms with van der Waals surface area (Å²) >= 11 is 1.78. The Labute approximate surface area is 113 Å². The fourth-order valence-electron chi connectivity index (χ4n) is 5.01. The van der Waals surface area contributed by atoms with Crippen molar-refractivity contribution in [3.8, 4) is 0 Å². The molecule has 1 N–H and O–H groups in total. The van der Waals surface area contributed by atoms with Gasteiger partial charge in [0.25, 0.3) is 0 Å². The predicted octanol–water partition coefficient (Wildman–Crippen LogP) is 3.62. The van der Waals surface area contributed by atoms with Gasteiger partial charge in [-0.3, -0.25) is 4.98 Å². The Morgan fingerprint density at radius 2 is 1.83 bits per heavy atom. The van der Waals surface area contributed by atoms with Crippen LogP contribution in [-0.4, -0.2) is 11.0 Å². The molecular formula is C15H22N2S. The van der Waals surface area contributed by atoms with E-state index in [1.807, 2.05) is 11.7 Å². The minimum absolute atomic E-state index is 0.486. The van der Waals surface area contributed by atoms with Crippen LogP contribution in [0.15, 0.2) is 11.7 Å². The minimum Gasteiger partial charge on any atom is -0.306 e. The number of hydrogen-bond acceptors (Lipinski definition) is 3. The van der Waals surface area contributed by atoms with E-state index in [4.69, 9.17) is 0 Å². The summed E-state index contributed by atoms with van der Waals surface area (Å²) in [6.45, 7) is 2.30. The van der Waals surface area contributed by atoms with Crippen molar-refractivity contribution in [3.63, 3.8) is 0 Å². The molecule has 0 amide bonds. The zero-order valence-corrected chi connectivity index (χ0v) is 11.8. The van der Waals surface area contributed by atoms with Crippen molar-refractivity contribution in [2.45, 2.75) is 51.1 Å². The number of rotatable bonds is 3. The quantitative estimate of drug-likeness (QED) is 0.900. The Morgan fingerprint density at radius 1 is 1.17 bits per heavy atom. The largest absolute Gasteiger partial charge is 0.306 e. The molecule has 0 spiro atoms. The maximum absolute atomic E-state index is 4.21. The van der Waals surface area contributed by atoms with Gasteiger partial charge in [0.05, 0.1) is 5.51 Å². The molecule has 1 unspecified atom stereocenters. The van der Waals surface area contributed by atoms with Gasteiger partial charge in [0.1, 0.15) is 0 Å². The third-order valence-electron chi connectivity index (χ3n) is 5.55. The molecule has 0 aromatic carbocycles. The number of nitrogens with one attached hydrogen (secondary N) is 1. The molecule has 0 aliphatic heterocycles. The van der Waals surface area contributed by atoms with Gasteiger partial charge in [-0.2, -0.15) is 0 Å². The van der Waals surface area contributed by atoms with Gasteiger partial charge in [-0.15, -0.1) is 11.3 Å². The first-order valence-corrected chi connectivity index (χ1v) is 8.32. The summed E-state index contributed by atoms with van der Waals surface area (Å²) in [6.07, 6.45) is 9.57. The summed E-state index contributed by atoms with van der Waals surface area (Å²) in [6, 6.07) is 1.27. The fourth-order valence-corrected chi connectivity index (χ4v) is 5.64. The summed E-state index contributed by atoms with van der Waals surface area (Å²) < 4.78 is 0. The van der Waals surface area contributed by atoms with Crippen LogP contribution in [0.4, 0.5) is 0 Å². The van der Waals surface area contributed by atoms with Crippen molar-refractivity contribution in [3.05, 3.63) is 16.6 Å². The molecule has 4 aliphatic rings. The van der Waals surface area contributed by atoms with Crippen LogP contribution in [0.3, 0.4) is 0 Å². The van der Waals surface area contributed by atoms with Gasteiger partial charge in [-0.05, 0) is 62.7 Å². The van der Waals surface area contributed by atoms with Crippen molar-refractivity contribution in [1.82, 2.24) is 10.3 Å². The van der Waals surface area contributed by atoms with Crippen LogP contribution in [0.1, 0.15) is 49.9 Å². The fraction of sp³-hybridized carbons (Fsp3) is 0.800. The Bertz CT molecular complexity index is 386. The van der Waals surface area contributed by atoms with Crippen LogP contribution in [-0.2, 0) is 0 Å². The lowest BCUT2D eigenvalue weighted by atomic mass is 9.54. The maximum atomic E-state index is 4.21. The standard InChI is InChI=1S/C15H22N2S/c1-9(14-7-16-8-18-14)17-15-12-3-10-2-11(5-12)6-13(15)4-10/h7-13,15,17H,2-6H2,1H3. The highest BCUT2D eigenvalue weighted by atomic mass is 32.1. The number of nitrogens with zero attached hydrogens (tertiary/aromatic N) is 1. The number of thiazole rings is 1. The van der Waals surface area contributed by atoms with E-state index in [0.29, 0.717) is 6.04 Å². The molecule has 5 rings (SSSR count). The third kappa shape index (κ3) is 1.83. The van der Waals surface area contributed by atoms with Crippen LogP contribution in [0.25, 0.3) is 0 Å². The highest BCUT2D eigenvalue weighted by molar-refractivity contribution is 7.09. The number of hydrogen-bond donors (Lipinski definition) is 1. The molecule has 1 aromatic rings. The summed E-state index contributed by atoms with van der Waals surface area (Å²) in [5.74, 6) is 4.08. The monoisotopic (exact) mass is 262 g/mol. The van der Waals surface area contributed by atoms with E-state index in [1.54, 1.807) is 17.8 Å². The average Bonchev–Trinajstić information content (AvgIpc) is 2.86. The SMILES string of the molecule is CC(NC1C2CC3CC(C2)CC1C3)c1cncs1. The summed E-state index contributed by atoms with van der Waals surface area (Å²) in [5.41, 5.74) is 1.95. The first kappa shape index (κ1) is 11.4. The van der Waals surface area contributed by atoms with Crippen molar-refractivity contribution >= 4 is 11.3 Å². The first-order valence-electron chi connectivity index (χ1n) is 7.44. The zero-order chi connectivity index (χ0) is 12.1. The molecule has 2 nitrogen and oxygen atoms in total. The second-order valence-corrected chi connectivity index (χ2v) is 7.67. The van der Waals surface area contributed by atoms with E-state index in [2.05, 4.69) is 17.2 Å². The van der Waals surface area contributed by atoms with Gasteiger partial charge in [0, 0.05) is 23.2 Å². The van der Waals surface area contributed by atoms with Gasteiger partial charge in [0.2, 0.25) is 0 Å². The molecule has 4 aliphatic carbocycles. The van der Waals surface area contributed by atoms with Crippen molar-refractivity contribution in [1.29, 1.82) is 0 Å². The summed E-state index contributed by atoms with van der Waals surface area (Å²) in [7, 11) is 0. The summed E-state index contributed by atoms with van der Waals surface area (Å²) in [4.78, 5) is 5.60. The molecular weight excluding hydrogens is 240 g/mol. The molecule has 0 saturated heterocycles. The van der Waals surface area contributed by atoms with Crippen molar-refractivity contribution in [2.24, 2.45) is 23.7 Å². The Balaban J connectivity index is 1.49. The molecule has 0 radical (unpaired) electrons. The lowest BCUT2D eigenvalue weighted by Crippen LogP contribution is -2.54. The molecule has 4 saturated carbocycles. The average molecular weight is 262 g/mol. The van der Waals surface area contributed by atoms with Crippen molar-refractivity contribution in [2.75, 3.05) is 0 Å². The number of aromatic nitrogens is 1. The highest BCUT2D eigenvalue weighted by Crippen LogP contribution is 2.54. The van der Waals surface area contributed by atoms with Crippen LogP contribution in [0.5, 0.6) is 0 Å². The van der Waals surface area contributed by atoms with E-state index in [-0.39, 0.29) is 0 Å². The Hall–Kier alpha value is -0.410. The predicted molar refractivity (Wildman–Crippen MR) is 74.5 cm³/mol. The Kier molecular flexibility index (Phi) is 2.73. The molecule has 98 valence electrons. The smallest absolute Gasteiger partial charge is 0.0794 e. The second kappa shape index (κ2) is 4.31. The van der Waals surface area contributed by atoms with E-state index < -0.39 is 0 Å². The van der Waals surface area contributed by atoms with Crippen LogP contribution in [0, 0.1) is 23.7 Å². The zero-order valence-electron chi connectivity index (χ0n) is 11.0. The normalized spacial score (nSPS) is 43.3. The molecule has 1 heterocycles. The molecule has 1 atom stereocenters. The highest BCUT2D eigenvalue weighted by Gasteiger charge is 2.48. The molecule has 4 fully saturated rings. The van der Waals surface area contributed by atoms with Crippen LogP contribution < -0.4 is 5.32 Å². The van der Waals surface area contributed by atoms with Gasteiger partial charge in [-0.1, -0.05) is 0 Å². The topological polar surface area (TPSA) is 24.9 Å². The van der Waals surface area contributed by atoms with E-state index >= 15 is 0 Å². The van der Waals surface area contributed by atoms with Crippen molar-refractivity contribution < 1.29 is 0 Å². The van der Waals surface area contributed by atoms with Crippen LogP contribution in [0.2, 0.25) is 0 Å². The maximum Gasteiger partial charge on any atom is 0.0794 e. The molecule has 4 bridgehead atoms. The van der Waals surface area contributed by atoms with Gasteiger partial charge in [0.15, 0.2) is 0 Å².